The summed E-state index contributed by atoms with van der Waals surface area (Å²) in [5.74, 6) is -1.56. The second-order valence-corrected chi connectivity index (χ2v) is 8.47. The van der Waals surface area contributed by atoms with E-state index in [1.807, 2.05) is 0 Å². The lowest BCUT2D eigenvalue weighted by Crippen LogP contribution is -2.47. The van der Waals surface area contributed by atoms with Crippen molar-refractivity contribution in [3.63, 3.8) is 0 Å². The van der Waals surface area contributed by atoms with Crippen LogP contribution < -0.4 is 10.6 Å². The summed E-state index contributed by atoms with van der Waals surface area (Å²) in [7, 11) is 0. The number of carbonyl (C=O) groups excluding carboxylic acids is 4. The van der Waals surface area contributed by atoms with Crippen LogP contribution in [0, 0.1) is 0 Å². The first-order valence-corrected chi connectivity index (χ1v) is 11.7. The quantitative estimate of drug-likeness (QED) is 0.126. The van der Waals surface area contributed by atoms with Crippen molar-refractivity contribution in [3.8, 4) is 0 Å². The topological polar surface area (TPSA) is 123 Å². The van der Waals surface area contributed by atoms with Crippen LogP contribution in [0.25, 0.3) is 0 Å². The third-order valence-corrected chi connectivity index (χ3v) is 4.63. The third kappa shape index (κ3) is 13.6. The Balaban J connectivity index is 5.22. The molecule has 1 atom stereocenters. The zero-order valence-electron chi connectivity index (χ0n) is 22.2. The monoisotopic (exact) mass is 507 g/mol. The Labute approximate surface area is 214 Å². The van der Waals surface area contributed by atoms with Crippen LogP contribution in [0.3, 0.4) is 0 Å². The summed E-state index contributed by atoms with van der Waals surface area (Å²) in [5.41, 5.74) is 1.26. The molecule has 0 aromatic carbocycles. The molecule has 202 valence electrons. The average molecular weight is 508 g/mol. The molecule has 0 saturated heterocycles. The molecule has 0 aliphatic carbocycles. The molecule has 0 spiro atoms. The van der Waals surface area contributed by atoms with E-state index in [2.05, 4.69) is 36.9 Å². The number of hydrogen-bond donors (Lipinski definition) is 2. The van der Waals surface area contributed by atoms with Crippen LogP contribution in [-0.2, 0) is 33.4 Å². The Morgan fingerprint density at radius 3 is 1.56 bits per heavy atom. The summed E-state index contributed by atoms with van der Waals surface area (Å²) in [5, 5.41) is 5.42. The van der Waals surface area contributed by atoms with E-state index >= 15 is 0 Å². The Hall–Kier alpha value is -3.24. The lowest BCUT2D eigenvalue weighted by atomic mass is 10.2. The molecular weight excluding hydrogens is 466 g/mol. The molecule has 10 heteroatoms. The molecule has 3 amide bonds. The summed E-state index contributed by atoms with van der Waals surface area (Å²) < 4.78 is 17.0. The van der Waals surface area contributed by atoms with Gasteiger partial charge in [0.2, 0.25) is 11.8 Å². The summed E-state index contributed by atoms with van der Waals surface area (Å²) >= 11 is 0. The van der Waals surface area contributed by atoms with Gasteiger partial charge in [0, 0.05) is 35.4 Å². The van der Waals surface area contributed by atoms with Gasteiger partial charge in [0.05, 0.1) is 19.8 Å². The van der Waals surface area contributed by atoms with E-state index in [1.165, 1.54) is 11.8 Å². The highest BCUT2D eigenvalue weighted by Crippen LogP contribution is 2.12. The highest BCUT2D eigenvalue weighted by atomic mass is 16.7. The van der Waals surface area contributed by atoms with Crippen LogP contribution in [0.15, 0.2) is 48.6 Å². The maximum Gasteiger partial charge on any atom is 0.335 e. The predicted molar refractivity (Wildman–Crippen MR) is 137 cm³/mol. The number of hydrogen-bond acceptors (Lipinski definition) is 7. The summed E-state index contributed by atoms with van der Waals surface area (Å²) in [4.78, 5) is 49.3. The van der Waals surface area contributed by atoms with E-state index in [4.69, 9.17) is 14.2 Å². The first-order chi connectivity index (χ1) is 16.8. The molecule has 0 aliphatic rings. The van der Waals surface area contributed by atoms with Gasteiger partial charge in [-0.3, -0.25) is 19.3 Å². The van der Waals surface area contributed by atoms with Crippen LogP contribution in [0.5, 0.6) is 0 Å². The molecule has 0 rings (SSSR count). The molecule has 0 fully saturated rings. The number of carbonyl (C=O) groups is 4. The Morgan fingerprint density at radius 2 is 1.19 bits per heavy atom. The first-order valence-electron chi connectivity index (χ1n) is 11.7. The molecule has 0 saturated carbocycles. The van der Waals surface area contributed by atoms with Gasteiger partial charge in [-0.2, -0.15) is 0 Å². The molecule has 0 radical (unpaired) electrons. The van der Waals surface area contributed by atoms with Crippen molar-refractivity contribution in [2.45, 2.75) is 60.0 Å². The van der Waals surface area contributed by atoms with Crippen LogP contribution >= 0.6 is 0 Å². The molecular formula is C26H41N3O7. The van der Waals surface area contributed by atoms with E-state index in [0.717, 1.165) is 0 Å². The average Bonchev–Trinajstić information content (AvgIpc) is 2.79. The zero-order valence-corrected chi connectivity index (χ0v) is 22.2. The maximum absolute atomic E-state index is 12.8. The van der Waals surface area contributed by atoms with Crippen molar-refractivity contribution in [1.82, 2.24) is 15.5 Å². The summed E-state index contributed by atoms with van der Waals surface area (Å²) in [6.45, 7) is 23.4. The standard InChI is InChI=1S/C26H41N3O7/c1-17(2)23(30)27-12-10-14-34-22(35-15-11-13-28-24(31)18(3)4)16-29(25(32)19(5)6)21(9)36-26(33)20(7)8/h21-22H,1,3,5,7,10-16H2,2,4,6,8-9H3,(H,27,30)(H,28,31). The van der Waals surface area contributed by atoms with Gasteiger partial charge in [0.15, 0.2) is 12.5 Å². The van der Waals surface area contributed by atoms with Crippen molar-refractivity contribution in [1.29, 1.82) is 0 Å². The fraction of sp³-hybridized carbons (Fsp3) is 0.538. The van der Waals surface area contributed by atoms with Gasteiger partial charge in [0.1, 0.15) is 0 Å². The smallest absolute Gasteiger partial charge is 0.335 e. The van der Waals surface area contributed by atoms with E-state index in [1.54, 1.807) is 27.7 Å². The van der Waals surface area contributed by atoms with E-state index < -0.39 is 24.4 Å². The van der Waals surface area contributed by atoms with Crippen LogP contribution in [0.4, 0.5) is 0 Å². The normalized spacial score (nSPS) is 11.3. The molecule has 0 aromatic rings. The number of nitrogens with zero attached hydrogens (tertiary/aromatic N) is 1. The molecule has 36 heavy (non-hydrogen) atoms. The van der Waals surface area contributed by atoms with Crippen LogP contribution in [-0.4, -0.2) is 74.0 Å². The minimum atomic E-state index is -0.933. The van der Waals surface area contributed by atoms with Crippen molar-refractivity contribution in [3.05, 3.63) is 48.6 Å². The molecule has 1 unspecified atom stereocenters. The third-order valence-electron chi connectivity index (χ3n) is 4.63. The molecule has 0 aromatic heterocycles. The fourth-order valence-electron chi connectivity index (χ4n) is 2.55. The molecule has 0 bridgehead atoms. The summed E-state index contributed by atoms with van der Waals surface area (Å²) in [6.07, 6.45) is -0.824. The number of esters is 1. The fourth-order valence-corrected chi connectivity index (χ4v) is 2.55. The second-order valence-electron chi connectivity index (χ2n) is 8.47. The van der Waals surface area contributed by atoms with Gasteiger partial charge in [-0.25, -0.2) is 4.79 Å². The second kappa shape index (κ2) is 17.2. The lowest BCUT2D eigenvalue weighted by Gasteiger charge is -2.32. The minimum Gasteiger partial charge on any atom is -0.438 e. The highest BCUT2D eigenvalue weighted by Gasteiger charge is 2.27. The van der Waals surface area contributed by atoms with Crippen LogP contribution in [0.2, 0.25) is 0 Å². The van der Waals surface area contributed by atoms with Gasteiger partial charge in [0.25, 0.3) is 5.91 Å². The Kier molecular flexibility index (Phi) is 15.7. The van der Waals surface area contributed by atoms with Crippen molar-refractivity contribution < 1.29 is 33.4 Å². The van der Waals surface area contributed by atoms with Crippen molar-refractivity contribution in [2.24, 2.45) is 0 Å². The predicted octanol–water partition coefficient (Wildman–Crippen LogP) is 2.38. The number of nitrogens with one attached hydrogen (secondary N) is 2. The zero-order chi connectivity index (χ0) is 27.8. The van der Waals surface area contributed by atoms with Gasteiger partial charge >= 0.3 is 5.97 Å². The van der Waals surface area contributed by atoms with E-state index in [9.17, 15) is 19.2 Å². The SMILES string of the molecule is C=C(C)C(=O)NCCCOC(CN(C(=O)C(=C)C)C(C)OC(=O)C(=C)C)OCCCNC(=O)C(=C)C. The maximum atomic E-state index is 12.8. The van der Waals surface area contributed by atoms with Gasteiger partial charge < -0.3 is 24.8 Å². The van der Waals surface area contributed by atoms with Gasteiger partial charge in [-0.1, -0.05) is 26.3 Å². The lowest BCUT2D eigenvalue weighted by molar-refractivity contribution is -0.182. The van der Waals surface area contributed by atoms with Crippen molar-refractivity contribution in [2.75, 3.05) is 32.8 Å². The summed E-state index contributed by atoms with van der Waals surface area (Å²) in [6, 6.07) is 0. The minimum absolute atomic E-state index is 0.0490. The Morgan fingerprint density at radius 1 is 0.750 bits per heavy atom. The molecule has 2 N–H and O–H groups in total. The highest BCUT2D eigenvalue weighted by molar-refractivity contribution is 5.93. The van der Waals surface area contributed by atoms with Crippen LogP contribution in [0.1, 0.15) is 47.5 Å². The number of amides is 3. The first kappa shape index (κ1) is 32.8. The van der Waals surface area contributed by atoms with Gasteiger partial charge in [-0.05, 0) is 47.5 Å². The van der Waals surface area contributed by atoms with Crippen molar-refractivity contribution >= 4 is 23.7 Å². The van der Waals surface area contributed by atoms with E-state index in [-0.39, 0.29) is 42.7 Å². The van der Waals surface area contributed by atoms with E-state index in [0.29, 0.717) is 37.1 Å². The molecule has 10 nitrogen and oxygen atoms in total. The molecule has 0 heterocycles. The molecule has 0 aliphatic heterocycles. The Bertz CT molecular complexity index is 814. The largest absolute Gasteiger partial charge is 0.438 e. The van der Waals surface area contributed by atoms with Gasteiger partial charge in [-0.15, -0.1) is 0 Å². The number of ether oxygens (including phenoxy) is 3. The number of rotatable bonds is 18.